The second kappa shape index (κ2) is 28.4. The predicted molar refractivity (Wildman–Crippen MR) is 225 cm³/mol. The Morgan fingerprint density at radius 3 is 1.36 bits per heavy atom. The van der Waals surface area contributed by atoms with Gasteiger partial charge in [0.2, 0.25) is 11.6 Å². The Kier molecular flexibility index (Phi) is 24.7. The normalized spacial score (nSPS) is 13.9. The van der Waals surface area contributed by atoms with Gasteiger partial charge in [0, 0.05) is 27.8 Å². The molecular weight excluding hydrogens is 657 g/mol. The maximum atomic E-state index is 13.4. The Morgan fingerprint density at radius 2 is 0.906 bits per heavy atom. The summed E-state index contributed by atoms with van der Waals surface area (Å²) in [6.07, 6.45) is 41.0. The third-order valence-corrected chi connectivity index (χ3v) is 11.0. The zero-order chi connectivity index (χ0) is 38.7. The predicted octanol–water partition coefficient (Wildman–Crippen LogP) is 14.4. The van der Waals surface area contributed by atoms with E-state index >= 15 is 0 Å². The first kappa shape index (κ1) is 46.1. The van der Waals surface area contributed by atoms with E-state index in [0.717, 1.165) is 70.6 Å². The molecule has 53 heavy (non-hydrogen) atoms. The van der Waals surface area contributed by atoms with E-state index in [-0.39, 0.29) is 34.0 Å². The molecule has 0 spiro atoms. The number of hydrogen-bond acceptors (Lipinski definition) is 5. The molecule has 2 rings (SSSR count). The fraction of sp³-hybridized carbons (Fsp3) is 0.667. The van der Waals surface area contributed by atoms with Gasteiger partial charge in [0.1, 0.15) is 17.3 Å². The molecule has 0 aromatic heterocycles. The molecule has 5 heteroatoms. The molecule has 298 valence electrons. The highest BCUT2D eigenvalue weighted by Crippen LogP contribution is 2.44. The molecule has 0 radical (unpaired) electrons. The second-order valence-electron chi connectivity index (χ2n) is 15.6. The van der Waals surface area contributed by atoms with E-state index in [4.69, 9.17) is 0 Å². The van der Waals surface area contributed by atoms with Crippen LogP contribution in [0.5, 0.6) is 11.5 Å². The van der Waals surface area contributed by atoms with Gasteiger partial charge in [-0.25, -0.2) is 0 Å². The number of aliphatic hydroxyl groups excluding tert-OH is 1. The molecule has 0 amide bonds. The first-order valence-corrected chi connectivity index (χ1v) is 21.8. The van der Waals surface area contributed by atoms with Gasteiger partial charge in [0.15, 0.2) is 0 Å². The molecule has 1 aromatic rings. The van der Waals surface area contributed by atoms with E-state index in [1.165, 1.54) is 103 Å². The molecule has 0 atom stereocenters. The fourth-order valence-electron chi connectivity index (χ4n) is 7.41. The van der Waals surface area contributed by atoms with Crippen molar-refractivity contribution in [1.82, 2.24) is 0 Å². The number of aryl methyl sites for hydroxylation is 1. The van der Waals surface area contributed by atoms with Gasteiger partial charge in [-0.05, 0) is 103 Å². The highest BCUT2D eigenvalue weighted by atomic mass is 16.3. The van der Waals surface area contributed by atoms with Crippen LogP contribution in [0.25, 0.3) is 5.57 Å². The van der Waals surface area contributed by atoms with Crippen molar-refractivity contribution in [2.75, 3.05) is 0 Å². The topological polar surface area (TPSA) is 94.8 Å². The van der Waals surface area contributed by atoms with E-state index in [1.807, 2.05) is 0 Å². The molecule has 1 aliphatic carbocycles. The van der Waals surface area contributed by atoms with E-state index < -0.39 is 11.6 Å². The fourth-order valence-corrected chi connectivity index (χ4v) is 7.41. The van der Waals surface area contributed by atoms with Crippen LogP contribution in [0.3, 0.4) is 0 Å². The van der Waals surface area contributed by atoms with Crippen LogP contribution in [0.2, 0.25) is 0 Å². The Balaban J connectivity index is 1.92. The lowest BCUT2D eigenvalue weighted by Gasteiger charge is -2.24. The first-order valence-electron chi connectivity index (χ1n) is 21.8. The van der Waals surface area contributed by atoms with E-state index in [9.17, 15) is 24.9 Å². The number of Topliss-reactive ketones (excluding diaryl/α,β-unsaturated/α-hetero) is 2. The Hall–Kier alpha value is -3.08. The third-order valence-electron chi connectivity index (χ3n) is 11.0. The number of allylic oxidation sites excluding steroid dienone is 7. The maximum Gasteiger partial charge on any atom is 0.232 e. The minimum Gasteiger partial charge on any atom is -0.508 e. The Morgan fingerprint density at radius 1 is 0.509 bits per heavy atom. The average molecular weight is 733 g/mol. The number of unbranched alkanes of at least 4 members (excludes halogenated alkanes) is 22. The average Bonchev–Trinajstić information content (AvgIpc) is 3.15. The molecule has 0 aliphatic heterocycles. The molecule has 1 aromatic carbocycles. The monoisotopic (exact) mass is 733 g/mol. The number of rotatable bonds is 31. The van der Waals surface area contributed by atoms with Gasteiger partial charge >= 0.3 is 0 Å². The Labute approximate surface area is 324 Å². The smallest absolute Gasteiger partial charge is 0.232 e. The zero-order valence-corrected chi connectivity index (χ0v) is 34.3. The minimum atomic E-state index is -0.678. The molecular formula is C48H76O5. The van der Waals surface area contributed by atoms with Crippen molar-refractivity contribution in [1.29, 1.82) is 0 Å². The van der Waals surface area contributed by atoms with Crippen molar-refractivity contribution in [3.63, 3.8) is 0 Å². The summed E-state index contributed by atoms with van der Waals surface area (Å²) in [5, 5.41) is 33.4. The summed E-state index contributed by atoms with van der Waals surface area (Å²) in [5.74, 6) is -1.65. The second-order valence-corrected chi connectivity index (χ2v) is 15.6. The van der Waals surface area contributed by atoms with Crippen molar-refractivity contribution in [3.05, 3.63) is 64.0 Å². The number of benzene rings is 1. The molecule has 0 saturated carbocycles. The standard InChI is InChI=1S/C48H76O5/c1-5-7-9-11-13-15-17-19-21-23-25-27-29-31-33-35-40-37-42(49)38(3)45(50)43(40)44-41(48(53)47(52)39(4)46(44)51)36-34-32-30-28-26-24-22-20-18-16-14-12-10-8-6-2/h19-22,37,49-51H,5-18,23-36H2,1-4H3/b21-19-,22-20-. The molecule has 5 nitrogen and oxygen atoms in total. The van der Waals surface area contributed by atoms with Gasteiger partial charge in [-0.3, -0.25) is 9.59 Å². The van der Waals surface area contributed by atoms with Gasteiger partial charge < -0.3 is 15.3 Å². The quantitative estimate of drug-likeness (QED) is 0.0306. The number of carbonyl (C=O) groups excluding carboxylic acids is 2. The van der Waals surface area contributed by atoms with Crippen molar-refractivity contribution >= 4 is 17.1 Å². The highest BCUT2D eigenvalue weighted by Gasteiger charge is 2.35. The van der Waals surface area contributed by atoms with Crippen LogP contribution in [-0.2, 0) is 16.0 Å². The summed E-state index contributed by atoms with van der Waals surface area (Å²) in [4.78, 5) is 26.3. The summed E-state index contributed by atoms with van der Waals surface area (Å²) in [6.45, 7) is 7.61. The lowest BCUT2D eigenvalue weighted by atomic mass is 9.80. The number of aliphatic hydroxyl groups is 1. The molecule has 0 fully saturated rings. The third kappa shape index (κ3) is 17.3. The van der Waals surface area contributed by atoms with E-state index in [1.54, 1.807) is 13.0 Å². The highest BCUT2D eigenvalue weighted by molar-refractivity contribution is 6.52. The van der Waals surface area contributed by atoms with Crippen LogP contribution >= 0.6 is 0 Å². The molecule has 0 saturated heterocycles. The molecule has 3 N–H and O–H groups in total. The van der Waals surface area contributed by atoms with Crippen molar-refractivity contribution in [2.24, 2.45) is 0 Å². The molecule has 0 unspecified atom stereocenters. The summed E-state index contributed by atoms with van der Waals surface area (Å²) in [7, 11) is 0. The largest absolute Gasteiger partial charge is 0.508 e. The van der Waals surface area contributed by atoms with E-state index in [2.05, 4.69) is 38.2 Å². The summed E-state index contributed by atoms with van der Waals surface area (Å²) >= 11 is 0. The van der Waals surface area contributed by atoms with Gasteiger partial charge in [0.05, 0.1) is 0 Å². The number of phenolic OH excluding ortho intramolecular Hbond substituents is 2. The van der Waals surface area contributed by atoms with Crippen LogP contribution < -0.4 is 0 Å². The minimum absolute atomic E-state index is 0.00759. The Bertz CT molecular complexity index is 1340. The summed E-state index contributed by atoms with van der Waals surface area (Å²) in [6, 6.07) is 1.66. The van der Waals surface area contributed by atoms with Crippen LogP contribution in [0.1, 0.15) is 211 Å². The number of hydrogen-bond donors (Lipinski definition) is 3. The summed E-state index contributed by atoms with van der Waals surface area (Å²) in [5.41, 5.74) is 1.94. The summed E-state index contributed by atoms with van der Waals surface area (Å²) < 4.78 is 0. The molecule has 1 aliphatic rings. The van der Waals surface area contributed by atoms with Crippen LogP contribution in [-0.4, -0.2) is 26.9 Å². The van der Waals surface area contributed by atoms with Gasteiger partial charge in [0.25, 0.3) is 0 Å². The van der Waals surface area contributed by atoms with Gasteiger partial charge in [-0.1, -0.05) is 141 Å². The SMILES string of the molecule is CCCCCCCC/C=C\CCCCCCCC1=C(c2c(CCCCCCC/C=C\CCCCCCCC)cc(O)c(C)c2O)C(O)=C(C)C(=O)C1=O. The molecule has 0 heterocycles. The lowest BCUT2D eigenvalue weighted by molar-refractivity contribution is -0.132. The van der Waals surface area contributed by atoms with Crippen molar-refractivity contribution in [3.8, 4) is 11.5 Å². The number of carbonyl (C=O) groups is 2. The number of ketones is 2. The van der Waals surface area contributed by atoms with Gasteiger partial charge in [-0.2, -0.15) is 0 Å². The first-order chi connectivity index (χ1) is 25.8. The molecule has 0 bridgehead atoms. The van der Waals surface area contributed by atoms with Crippen molar-refractivity contribution in [2.45, 2.75) is 207 Å². The maximum absolute atomic E-state index is 13.4. The van der Waals surface area contributed by atoms with Crippen LogP contribution in [0.4, 0.5) is 0 Å². The number of aromatic hydroxyl groups is 2. The zero-order valence-electron chi connectivity index (χ0n) is 34.3. The van der Waals surface area contributed by atoms with Crippen LogP contribution in [0.15, 0.2) is 47.3 Å². The van der Waals surface area contributed by atoms with Crippen molar-refractivity contribution < 1.29 is 24.9 Å². The van der Waals surface area contributed by atoms with E-state index in [0.29, 0.717) is 29.5 Å². The van der Waals surface area contributed by atoms with Crippen LogP contribution in [0, 0.1) is 6.92 Å². The van der Waals surface area contributed by atoms with Gasteiger partial charge in [-0.15, -0.1) is 0 Å². The number of phenols is 2. The lowest BCUT2D eigenvalue weighted by Crippen LogP contribution is -2.25.